The Balaban J connectivity index is 1.55. The fourth-order valence-corrected chi connectivity index (χ4v) is 4.11. The normalized spacial score (nSPS) is 13.5. The first-order valence-electron chi connectivity index (χ1n) is 8.76. The molecule has 6 heteroatoms. The van der Waals surface area contributed by atoms with Gasteiger partial charge in [-0.25, -0.2) is 4.98 Å². The number of hydrogen-bond donors (Lipinski definition) is 1. The van der Waals surface area contributed by atoms with Crippen LogP contribution in [0.1, 0.15) is 29.7 Å². The van der Waals surface area contributed by atoms with Gasteiger partial charge in [-0.05, 0) is 37.5 Å². The Morgan fingerprint density at radius 3 is 2.81 bits per heavy atom. The summed E-state index contributed by atoms with van der Waals surface area (Å²) in [6, 6.07) is 11.8. The Bertz CT molecular complexity index is 808. The first-order valence-corrected chi connectivity index (χ1v) is 9.75. The van der Waals surface area contributed by atoms with E-state index in [1.165, 1.54) is 11.8 Å². The summed E-state index contributed by atoms with van der Waals surface area (Å²) >= 11 is 1.49. The number of carbonyl (C=O) groups is 2. The molecule has 26 heavy (non-hydrogen) atoms. The smallest absolute Gasteiger partial charge is 0.237 e. The van der Waals surface area contributed by atoms with Gasteiger partial charge in [0.2, 0.25) is 11.8 Å². The highest BCUT2D eigenvalue weighted by atomic mass is 32.2. The standard InChI is InChI=1S/C20H23N3O2S/c1-14-11-15(2)22-20-19(14)23(18(25)13-26-20)10-6-9-17(24)21-12-16-7-4-3-5-8-16/h3-5,7-8,11H,6,9-10,12-13H2,1-2H3,(H,21,24). The van der Waals surface area contributed by atoms with Crippen molar-refractivity contribution < 1.29 is 9.59 Å². The molecule has 0 radical (unpaired) electrons. The van der Waals surface area contributed by atoms with Crippen LogP contribution in [0, 0.1) is 13.8 Å². The number of thioether (sulfide) groups is 1. The van der Waals surface area contributed by atoms with Gasteiger partial charge in [-0.3, -0.25) is 9.59 Å². The molecule has 0 spiro atoms. The average molecular weight is 369 g/mol. The molecule has 0 unspecified atom stereocenters. The predicted octanol–water partition coefficient (Wildman–Crippen LogP) is 3.23. The first-order chi connectivity index (χ1) is 12.5. The highest BCUT2D eigenvalue weighted by Crippen LogP contribution is 2.36. The molecule has 2 amide bonds. The molecule has 1 N–H and O–H groups in total. The van der Waals surface area contributed by atoms with Crippen molar-refractivity contribution in [2.75, 3.05) is 17.2 Å². The van der Waals surface area contributed by atoms with Crippen LogP contribution >= 0.6 is 11.8 Å². The fraction of sp³-hybridized carbons (Fsp3) is 0.350. The fourth-order valence-electron chi connectivity index (χ4n) is 3.08. The van der Waals surface area contributed by atoms with E-state index in [1.54, 1.807) is 4.90 Å². The summed E-state index contributed by atoms with van der Waals surface area (Å²) in [4.78, 5) is 30.8. The van der Waals surface area contributed by atoms with Gasteiger partial charge in [0.15, 0.2) is 0 Å². The zero-order chi connectivity index (χ0) is 18.5. The molecule has 3 rings (SSSR count). The Labute approximate surface area is 158 Å². The molecule has 1 aliphatic rings. The number of carbonyl (C=O) groups excluding carboxylic acids is 2. The molecular formula is C20H23N3O2S. The second-order valence-corrected chi connectivity index (χ2v) is 7.40. The second-order valence-electron chi connectivity index (χ2n) is 6.43. The van der Waals surface area contributed by atoms with E-state index in [2.05, 4.69) is 10.3 Å². The molecule has 0 aliphatic carbocycles. The van der Waals surface area contributed by atoms with Crippen LogP contribution in [0.5, 0.6) is 0 Å². The molecule has 0 saturated heterocycles. The Hall–Kier alpha value is -2.34. The largest absolute Gasteiger partial charge is 0.352 e. The Morgan fingerprint density at radius 1 is 1.27 bits per heavy atom. The van der Waals surface area contributed by atoms with E-state index in [1.807, 2.05) is 50.2 Å². The SMILES string of the molecule is Cc1cc(C)c2c(n1)SCC(=O)N2CCCC(=O)NCc1ccccc1. The van der Waals surface area contributed by atoms with E-state index in [0.717, 1.165) is 27.5 Å². The third kappa shape index (κ3) is 4.43. The molecule has 136 valence electrons. The molecule has 2 heterocycles. The van der Waals surface area contributed by atoms with E-state index >= 15 is 0 Å². The molecule has 5 nitrogen and oxygen atoms in total. The van der Waals surface area contributed by atoms with Crippen molar-refractivity contribution in [2.45, 2.75) is 38.3 Å². The third-order valence-corrected chi connectivity index (χ3v) is 5.25. The summed E-state index contributed by atoms with van der Waals surface area (Å²) in [6.07, 6.45) is 1.03. The number of rotatable bonds is 6. The molecule has 0 saturated carbocycles. The minimum atomic E-state index is 0.00617. The van der Waals surface area contributed by atoms with Crippen molar-refractivity contribution in [3.63, 3.8) is 0 Å². The van der Waals surface area contributed by atoms with E-state index in [0.29, 0.717) is 31.7 Å². The number of pyridine rings is 1. The van der Waals surface area contributed by atoms with Crippen LogP contribution in [0.4, 0.5) is 5.69 Å². The number of anilines is 1. The third-order valence-electron chi connectivity index (χ3n) is 4.30. The van der Waals surface area contributed by atoms with E-state index in [9.17, 15) is 9.59 Å². The van der Waals surface area contributed by atoms with Crippen LogP contribution in [0.15, 0.2) is 41.4 Å². The number of hydrogen-bond acceptors (Lipinski definition) is 4. The summed E-state index contributed by atoms with van der Waals surface area (Å²) in [7, 11) is 0. The molecule has 1 aliphatic heterocycles. The highest BCUT2D eigenvalue weighted by molar-refractivity contribution is 8.00. The topological polar surface area (TPSA) is 62.3 Å². The van der Waals surface area contributed by atoms with Crippen LogP contribution in [0.3, 0.4) is 0 Å². The number of benzene rings is 1. The minimum absolute atomic E-state index is 0.00617. The first kappa shape index (κ1) is 18.5. The maximum Gasteiger partial charge on any atom is 0.237 e. The average Bonchev–Trinajstić information content (AvgIpc) is 2.62. The zero-order valence-electron chi connectivity index (χ0n) is 15.1. The van der Waals surface area contributed by atoms with Gasteiger partial charge in [0.1, 0.15) is 5.03 Å². The molecular weight excluding hydrogens is 346 g/mol. The summed E-state index contributed by atoms with van der Waals surface area (Å²) in [5, 5.41) is 3.84. The maximum atomic E-state index is 12.4. The summed E-state index contributed by atoms with van der Waals surface area (Å²) in [5.74, 6) is 0.496. The number of aryl methyl sites for hydroxylation is 2. The second kappa shape index (κ2) is 8.36. The van der Waals surface area contributed by atoms with E-state index in [4.69, 9.17) is 0 Å². The van der Waals surface area contributed by atoms with Crippen molar-refractivity contribution in [2.24, 2.45) is 0 Å². The van der Waals surface area contributed by atoms with Crippen molar-refractivity contribution in [3.05, 3.63) is 53.2 Å². The molecule has 2 aromatic rings. The Kier molecular flexibility index (Phi) is 5.93. The zero-order valence-corrected chi connectivity index (χ0v) is 15.9. The van der Waals surface area contributed by atoms with Crippen molar-refractivity contribution in [3.8, 4) is 0 Å². The van der Waals surface area contributed by atoms with Gasteiger partial charge in [-0.15, -0.1) is 0 Å². The quantitative estimate of drug-likeness (QED) is 0.849. The van der Waals surface area contributed by atoms with Gasteiger partial charge < -0.3 is 10.2 Å². The maximum absolute atomic E-state index is 12.4. The van der Waals surface area contributed by atoms with E-state index < -0.39 is 0 Å². The molecule has 1 aromatic heterocycles. The van der Waals surface area contributed by atoms with Crippen molar-refractivity contribution in [1.82, 2.24) is 10.3 Å². The molecule has 0 bridgehead atoms. The van der Waals surface area contributed by atoms with Crippen LogP contribution in [-0.4, -0.2) is 29.1 Å². The van der Waals surface area contributed by atoms with Gasteiger partial charge in [0, 0.05) is 25.2 Å². The van der Waals surface area contributed by atoms with Gasteiger partial charge in [0.05, 0.1) is 11.4 Å². The van der Waals surface area contributed by atoms with Crippen LogP contribution in [0.25, 0.3) is 0 Å². The lowest BCUT2D eigenvalue weighted by atomic mass is 10.1. The molecule has 1 aromatic carbocycles. The number of amides is 2. The lowest BCUT2D eigenvalue weighted by Crippen LogP contribution is -2.37. The van der Waals surface area contributed by atoms with Gasteiger partial charge in [-0.1, -0.05) is 42.1 Å². The van der Waals surface area contributed by atoms with Crippen LogP contribution < -0.4 is 10.2 Å². The monoisotopic (exact) mass is 369 g/mol. The number of nitrogens with one attached hydrogen (secondary N) is 1. The summed E-state index contributed by atoms with van der Waals surface area (Å²) in [6.45, 7) is 5.04. The van der Waals surface area contributed by atoms with E-state index in [-0.39, 0.29) is 11.8 Å². The molecule has 0 fully saturated rings. The highest BCUT2D eigenvalue weighted by Gasteiger charge is 2.27. The van der Waals surface area contributed by atoms with Crippen LogP contribution in [0.2, 0.25) is 0 Å². The lowest BCUT2D eigenvalue weighted by Gasteiger charge is -2.30. The minimum Gasteiger partial charge on any atom is -0.352 e. The van der Waals surface area contributed by atoms with Gasteiger partial charge >= 0.3 is 0 Å². The number of aromatic nitrogens is 1. The summed E-state index contributed by atoms with van der Waals surface area (Å²) in [5.41, 5.74) is 4.00. The predicted molar refractivity (Wildman–Crippen MR) is 104 cm³/mol. The number of fused-ring (bicyclic) bond motifs is 1. The van der Waals surface area contributed by atoms with Gasteiger partial charge in [0.25, 0.3) is 0 Å². The lowest BCUT2D eigenvalue weighted by molar-refractivity contribution is -0.121. The van der Waals surface area contributed by atoms with Crippen molar-refractivity contribution >= 4 is 29.3 Å². The molecule has 0 atom stereocenters. The summed E-state index contributed by atoms with van der Waals surface area (Å²) < 4.78 is 0. The van der Waals surface area contributed by atoms with Crippen molar-refractivity contribution in [1.29, 1.82) is 0 Å². The number of nitrogens with zero attached hydrogens (tertiary/aromatic N) is 2. The van der Waals surface area contributed by atoms with Gasteiger partial charge in [-0.2, -0.15) is 0 Å². The Morgan fingerprint density at radius 2 is 2.04 bits per heavy atom. The van der Waals surface area contributed by atoms with Crippen LogP contribution in [-0.2, 0) is 16.1 Å².